The Morgan fingerprint density at radius 1 is 1.44 bits per heavy atom. The number of anilines is 1. The summed E-state index contributed by atoms with van der Waals surface area (Å²) in [6.07, 6.45) is -2.00. The van der Waals surface area contributed by atoms with E-state index in [1.54, 1.807) is 12.1 Å². The van der Waals surface area contributed by atoms with Crippen molar-refractivity contribution < 1.29 is 18.3 Å². The second-order valence-corrected chi connectivity index (χ2v) is 2.89. The average Bonchev–Trinajstić information content (AvgIpc) is 2.30. The van der Waals surface area contributed by atoms with Gasteiger partial charge in [0.05, 0.1) is 7.11 Å². The zero-order valence-corrected chi connectivity index (χ0v) is 8.69. The maximum Gasteiger partial charge on any atom is 0.316 e. The number of halogens is 2. The van der Waals surface area contributed by atoms with Gasteiger partial charge in [0.25, 0.3) is 5.91 Å². The van der Waals surface area contributed by atoms with Crippen LogP contribution in [0.1, 0.15) is 0 Å². The summed E-state index contributed by atoms with van der Waals surface area (Å²) in [6, 6.07) is 6.15. The van der Waals surface area contributed by atoms with Crippen molar-refractivity contribution in [3.8, 4) is 5.75 Å². The van der Waals surface area contributed by atoms with Gasteiger partial charge in [0.2, 0.25) is 0 Å². The maximum absolute atomic E-state index is 12.2. The van der Waals surface area contributed by atoms with Crippen molar-refractivity contribution in [2.45, 2.75) is 6.43 Å². The molecule has 1 rings (SSSR count). The Morgan fingerprint density at radius 2 is 2.00 bits per heavy atom. The van der Waals surface area contributed by atoms with Crippen LogP contribution in [0.2, 0.25) is 0 Å². The molecule has 1 amide bonds. The molecule has 0 radical (unpaired) electrons. The molecule has 1 aromatic rings. The third-order valence-electron chi connectivity index (χ3n) is 1.96. The summed E-state index contributed by atoms with van der Waals surface area (Å²) in [7, 11) is 1.49. The number of carbonyl (C=O) groups is 1. The van der Waals surface area contributed by atoms with Crippen molar-refractivity contribution in [2.75, 3.05) is 12.0 Å². The van der Waals surface area contributed by atoms with Gasteiger partial charge >= 0.3 is 6.43 Å². The lowest BCUT2D eigenvalue weighted by atomic mass is 10.2. The van der Waals surface area contributed by atoms with Crippen molar-refractivity contribution in [3.05, 3.63) is 37.0 Å². The fourth-order valence-electron chi connectivity index (χ4n) is 1.17. The second-order valence-electron chi connectivity index (χ2n) is 2.89. The second kappa shape index (κ2) is 5.25. The standard InChI is InChI=1S/C11H11F2NO2/c1-3-14(11(15)10(12)13)8-4-6-9(16-2)7-5-8/h3-7,10H,1H2,2H3. The van der Waals surface area contributed by atoms with Crippen LogP contribution < -0.4 is 9.64 Å². The minimum absolute atomic E-state index is 0.320. The van der Waals surface area contributed by atoms with E-state index in [0.29, 0.717) is 11.4 Å². The maximum atomic E-state index is 12.2. The smallest absolute Gasteiger partial charge is 0.316 e. The van der Waals surface area contributed by atoms with Gasteiger partial charge in [-0.25, -0.2) is 0 Å². The normalized spacial score (nSPS) is 10.0. The van der Waals surface area contributed by atoms with E-state index < -0.39 is 12.3 Å². The Hall–Kier alpha value is -1.91. The van der Waals surface area contributed by atoms with Crippen molar-refractivity contribution >= 4 is 11.6 Å². The van der Waals surface area contributed by atoms with Crippen LogP contribution in [-0.2, 0) is 4.79 Å². The highest BCUT2D eigenvalue weighted by atomic mass is 19.3. The predicted molar refractivity (Wildman–Crippen MR) is 56.7 cm³/mol. The van der Waals surface area contributed by atoms with Crippen molar-refractivity contribution in [1.29, 1.82) is 0 Å². The number of hydrogen-bond donors (Lipinski definition) is 0. The van der Waals surface area contributed by atoms with E-state index in [-0.39, 0.29) is 0 Å². The van der Waals surface area contributed by atoms with E-state index >= 15 is 0 Å². The summed E-state index contributed by atoms with van der Waals surface area (Å²) in [5, 5.41) is 0. The van der Waals surface area contributed by atoms with Crippen LogP contribution in [0, 0.1) is 0 Å². The number of rotatable bonds is 4. The quantitative estimate of drug-likeness (QED) is 0.790. The van der Waals surface area contributed by atoms with Crippen molar-refractivity contribution in [3.63, 3.8) is 0 Å². The number of hydrogen-bond acceptors (Lipinski definition) is 2. The van der Waals surface area contributed by atoms with Gasteiger partial charge in [-0.15, -0.1) is 0 Å². The van der Waals surface area contributed by atoms with Crippen LogP contribution in [0.5, 0.6) is 5.75 Å². The van der Waals surface area contributed by atoms with Gasteiger partial charge in [0.15, 0.2) is 0 Å². The molecule has 5 heteroatoms. The minimum atomic E-state index is -3.06. The van der Waals surface area contributed by atoms with Crippen LogP contribution in [-0.4, -0.2) is 19.4 Å². The molecule has 0 N–H and O–H groups in total. The number of carbonyl (C=O) groups excluding carboxylic acids is 1. The summed E-state index contributed by atoms with van der Waals surface area (Å²) in [5.41, 5.74) is 0.320. The van der Waals surface area contributed by atoms with Gasteiger partial charge in [-0.2, -0.15) is 8.78 Å². The Labute approximate surface area is 91.9 Å². The van der Waals surface area contributed by atoms with E-state index in [4.69, 9.17) is 4.74 Å². The first kappa shape index (κ1) is 12.2. The van der Waals surface area contributed by atoms with E-state index in [2.05, 4.69) is 6.58 Å². The minimum Gasteiger partial charge on any atom is -0.497 e. The number of amides is 1. The molecule has 0 aliphatic carbocycles. The largest absolute Gasteiger partial charge is 0.497 e. The van der Waals surface area contributed by atoms with Gasteiger partial charge in [-0.3, -0.25) is 9.69 Å². The van der Waals surface area contributed by atoms with E-state index in [1.165, 1.54) is 19.2 Å². The molecule has 0 aliphatic rings. The summed E-state index contributed by atoms with van der Waals surface area (Å²) < 4.78 is 29.4. The number of nitrogens with zero attached hydrogens (tertiary/aromatic N) is 1. The Kier molecular flexibility index (Phi) is 3.99. The SMILES string of the molecule is C=CN(C(=O)C(F)F)c1ccc(OC)cc1. The van der Waals surface area contributed by atoms with Gasteiger partial charge in [-0.1, -0.05) is 6.58 Å². The Morgan fingerprint density at radius 3 is 2.38 bits per heavy atom. The molecule has 0 atom stereocenters. The Bertz CT molecular complexity index is 376. The topological polar surface area (TPSA) is 29.5 Å². The lowest BCUT2D eigenvalue weighted by Crippen LogP contribution is -2.30. The fourth-order valence-corrected chi connectivity index (χ4v) is 1.17. The number of methoxy groups -OCH3 is 1. The van der Waals surface area contributed by atoms with E-state index in [9.17, 15) is 13.6 Å². The molecule has 0 aromatic heterocycles. The molecule has 0 saturated heterocycles. The summed E-state index contributed by atoms with van der Waals surface area (Å²) in [5.74, 6) is -0.725. The lowest BCUT2D eigenvalue weighted by molar-refractivity contribution is -0.128. The van der Waals surface area contributed by atoms with Crippen LogP contribution >= 0.6 is 0 Å². The Balaban J connectivity index is 2.95. The number of ether oxygens (including phenoxy) is 1. The van der Waals surface area contributed by atoms with Gasteiger partial charge in [-0.05, 0) is 24.3 Å². The molecular weight excluding hydrogens is 216 g/mol. The van der Waals surface area contributed by atoms with Crippen LogP contribution in [0.4, 0.5) is 14.5 Å². The van der Waals surface area contributed by atoms with Crippen LogP contribution in [0.15, 0.2) is 37.0 Å². The summed E-state index contributed by atoms with van der Waals surface area (Å²) in [6.45, 7) is 3.32. The lowest BCUT2D eigenvalue weighted by Gasteiger charge is -2.17. The van der Waals surface area contributed by atoms with Crippen molar-refractivity contribution in [2.24, 2.45) is 0 Å². The van der Waals surface area contributed by atoms with Gasteiger partial charge in [0, 0.05) is 11.9 Å². The molecule has 0 bridgehead atoms. The monoisotopic (exact) mass is 227 g/mol. The summed E-state index contributed by atoms with van der Waals surface area (Å²) >= 11 is 0. The zero-order chi connectivity index (χ0) is 12.1. The molecular formula is C11H11F2NO2. The molecule has 3 nitrogen and oxygen atoms in total. The molecule has 0 unspecified atom stereocenters. The molecule has 0 heterocycles. The third kappa shape index (κ3) is 2.56. The zero-order valence-electron chi connectivity index (χ0n) is 8.69. The van der Waals surface area contributed by atoms with E-state index in [0.717, 1.165) is 11.1 Å². The molecule has 0 spiro atoms. The molecule has 0 aliphatic heterocycles. The number of benzene rings is 1. The first-order valence-electron chi connectivity index (χ1n) is 4.48. The van der Waals surface area contributed by atoms with Gasteiger partial charge < -0.3 is 4.74 Å². The van der Waals surface area contributed by atoms with Crippen molar-refractivity contribution in [1.82, 2.24) is 0 Å². The van der Waals surface area contributed by atoms with Crippen LogP contribution in [0.3, 0.4) is 0 Å². The fraction of sp³-hybridized carbons (Fsp3) is 0.182. The highest BCUT2D eigenvalue weighted by molar-refractivity contribution is 5.97. The average molecular weight is 227 g/mol. The number of alkyl halides is 2. The molecule has 0 saturated carbocycles. The van der Waals surface area contributed by atoms with E-state index in [1.807, 2.05) is 0 Å². The first-order valence-corrected chi connectivity index (χ1v) is 4.48. The highest BCUT2D eigenvalue weighted by Crippen LogP contribution is 2.20. The van der Waals surface area contributed by atoms with Crippen LogP contribution in [0.25, 0.3) is 0 Å². The molecule has 0 fully saturated rings. The highest BCUT2D eigenvalue weighted by Gasteiger charge is 2.22. The summed E-state index contributed by atoms with van der Waals surface area (Å²) in [4.78, 5) is 11.9. The first-order chi connectivity index (χ1) is 7.60. The molecule has 16 heavy (non-hydrogen) atoms. The predicted octanol–water partition coefficient (Wildman–Crippen LogP) is 2.44. The van der Waals surface area contributed by atoms with Gasteiger partial charge in [0.1, 0.15) is 5.75 Å². The third-order valence-corrected chi connectivity index (χ3v) is 1.96. The molecule has 86 valence electrons. The molecule has 1 aromatic carbocycles.